The molecule has 1 amide bonds. The maximum atomic E-state index is 11.8. The Labute approximate surface area is 121 Å². The third-order valence-electron chi connectivity index (χ3n) is 3.38. The number of likely N-dealkylation sites (tertiary alicyclic amines) is 1. The molecule has 1 aliphatic heterocycles. The van der Waals surface area contributed by atoms with E-state index in [0.29, 0.717) is 36.9 Å². The van der Waals surface area contributed by atoms with Gasteiger partial charge in [0.25, 0.3) is 0 Å². The van der Waals surface area contributed by atoms with Crippen molar-refractivity contribution >= 4 is 5.91 Å². The summed E-state index contributed by atoms with van der Waals surface area (Å²) in [6.07, 6.45) is 2.09. The van der Waals surface area contributed by atoms with Crippen LogP contribution in [0.2, 0.25) is 0 Å². The van der Waals surface area contributed by atoms with Gasteiger partial charge >= 0.3 is 0 Å². The number of aryl methyl sites for hydroxylation is 1. The molecule has 1 aliphatic rings. The zero-order chi connectivity index (χ0) is 14.8. The highest BCUT2D eigenvalue weighted by Gasteiger charge is 2.33. The molecule has 2 aromatic rings. The molecule has 0 aliphatic carbocycles. The summed E-state index contributed by atoms with van der Waals surface area (Å²) < 4.78 is 5.27. The van der Waals surface area contributed by atoms with Crippen molar-refractivity contribution in [3.8, 4) is 11.5 Å². The molecule has 0 N–H and O–H groups in total. The monoisotopic (exact) mass is 285 g/mol. The van der Waals surface area contributed by atoms with Crippen LogP contribution in [0.15, 0.2) is 29.3 Å². The third kappa shape index (κ3) is 2.67. The van der Waals surface area contributed by atoms with Crippen LogP contribution in [0.4, 0.5) is 0 Å². The van der Waals surface area contributed by atoms with Gasteiger partial charge in [-0.3, -0.25) is 4.79 Å². The van der Waals surface area contributed by atoms with Gasteiger partial charge in [0, 0.05) is 19.5 Å². The summed E-state index contributed by atoms with van der Waals surface area (Å²) >= 11 is 0. The molecule has 2 aromatic heterocycles. The van der Waals surface area contributed by atoms with E-state index >= 15 is 0 Å². The highest BCUT2D eigenvalue weighted by atomic mass is 16.5. The van der Waals surface area contributed by atoms with E-state index in [0.717, 1.165) is 5.69 Å². The summed E-state index contributed by atoms with van der Waals surface area (Å²) in [5.74, 6) is 0.867. The molecule has 7 nitrogen and oxygen atoms in total. The van der Waals surface area contributed by atoms with Gasteiger partial charge in [0.15, 0.2) is 0 Å². The second kappa shape index (κ2) is 5.43. The van der Waals surface area contributed by atoms with Crippen LogP contribution in [0, 0.1) is 6.92 Å². The molecule has 0 radical (unpaired) electrons. The first-order valence-electron chi connectivity index (χ1n) is 6.70. The van der Waals surface area contributed by atoms with Crippen molar-refractivity contribution < 1.29 is 9.32 Å². The second-order valence-electron chi connectivity index (χ2n) is 5.00. The zero-order valence-electron chi connectivity index (χ0n) is 11.7. The van der Waals surface area contributed by atoms with Crippen molar-refractivity contribution in [2.24, 2.45) is 0 Å². The number of amides is 1. The van der Waals surface area contributed by atoms with Crippen LogP contribution >= 0.6 is 0 Å². The molecule has 7 heteroatoms. The largest absolute Gasteiger partial charge is 0.339 e. The van der Waals surface area contributed by atoms with Gasteiger partial charge in [0.2, 0.25) is 17.6 Å². The number of rotatable bonds is 4. The predicted octanol–water partition coefficient (Wildman–Crippen LogP) is 1.34. The summed E-state index contributed by atoms with van der Waals surface area (Å²) in [4.78, 5) is 17.9. The summed E-state index contributed by atoms with van der Waals surface area (Å²) in [6.45, 7) is 6.62. The number of hydrogen-bond acceptors (Lipinski definition) is 6. The number of carbonyl (C=O) groups excluding carboxylic acids is 1. The first kappa shape index (κ1) is 13.4. The quantitative estimate of drug-likeness (QED) is 0.788. The van der Waals surface area contributed by atoms with Crippen molar-refractivity contribution in [2.45, 2.75) is 19.3 Å². The fraction of sp³-hybridized carbons (Fsp3) is 0.357. The minimum absolute atomic E-state index is 0.0721. The topological polar surface area (TPSA) is 85.0 Å². The van der Waals surface area contributed by atoms with E-state index in [1.807, 2.05) is 13.0 Å². The maximum absolute atomic E-state index is 11.8. The number of aromatic nitrogens is 4. The Bertz CT molecular complexity index is 664. The van der Waals surface area contributed by atoms with Gasteiger partial charge < -0.3 is 9.42 Å². The van der Waals surface area contributed by atoms with Crippen LogP contribution in [0.3, 0.4) is 0 Å². The molecule has 108 valence electrons. The minimum Gasteiger partial charge on any atom is -0.339 e. The van der Waals surface area contributed by atoms with Gasteiger partial charge in [-0.15, -0.1) is 11.7 Å². The van der Waals surface area contributed by atoms with Crippen molar-refractivity contribution in [1.82, 2.24) is 25.2 Å². The van der Waals surface area contributed by atoms with Crippen LogP contribution in [-0.4, -0.2) is 44.2 Å². The number of nitrogens with zero attached hydrogens (tertiary/aromatic N) is 5. The third-order valence-corrected chi connectivity index (χ3v) is 3.38. The summed E-state index contributed by atoms with van der Waals surface area (Å²) in [5.41, 5.74) is 1.38. The van der Waals surface area contributed by atoms with Gasteiger partial charge in [-0.2, -0.15) is 10.1 Å². The van der Waals surface area contributed by atoms with Crippen LogP contribution < -0.4 is 0 Å². The normalized spacial score (nSPS) is 18.2. The fourth-order valence-electron chi connectivity index (χ4n) is 2.29. The Morgan fingerprint density at radius 1 is 1.48 bits per heavy atom. The first-order valence-corrected chi connectivity index (χ1v) is 6.70. The Hall–Kier alpha value is -2.57. The van der Waals surface area contributed by atoms with Crippen molar-refractivity contribution in [3.63, 3.8) is 0 Å². The molecule has 3 rings (SSSR count). The lowest BCUT2D eigenvalue weighted by Gasteiger charge is -2.12. The van der Waals surface area contributed by atoms with Gasteiger partial charge in [0.05, 0.1) is 11.6 Å². The van der Waals surface area contributed by atoms with E-state index in [-0.39, 0.29) is 11.8 Å². The highest BCUT2D eigenvalue weighted by molar-refractivity contribution is 5.79. The smallest absolute Gasteiger partial charge is 0.232 e. The van der Waals surface area contributed by atoms with E-state index in [4.69, 9.17) is 4.52 Å². The highest BCUT2D eigenvalue weighted by Crippen LogP contribution is 2.28. The molecule has 1 saturated heterocycles. The van der Waals surface area contributed by atoms with Crippen molar-refractivity contribution in [2.75, 3.05) is 13.1 Å². The van der Waals surface area contributed by atoms with E-state index in [2.05, 4.69) is 26.9 Å². The molecular weight excluding hydrogens is 270 g/mol. The lowest BCUT2D eigenvalue weighted by Crippen LogP contribution is -2.24. The van der Waals surface area contributed by atoms with E-state index in [1.165, 1.54) is 0 Å². The van der Waals surface area contributed by atoms with Gasteiger partial charge in [-0.25, -0.2) is 0 Å². The van der Waals surface area contributed by atoms with Gasteiger partial charge in [-0.05, 0) is 19.1 Å². The standard InChI is InChI=1S/C14H15N5O2/c1-3-6-19-8-10(7-12(19)20)14-15-13(18-21-14)11-5-4-9(2)16-17-11/h3-5,10H,1,6-8H2,2H3/t10-/m0/s1. The second-order valence-corrected chi connectivity index (χ2v) is 5.00. The molecule has 0 aromatic carbocycles. The Morgan fingerprint density at radius 2 is 2.33 bits per heavy atom. The van der Waals surface area contributed by atoms with Crippen LogP contribution in [0.1, 0.15) is 23.9 Å². The molecule has 3 heterocycles. The average molecular weight is 285 g/mol. The first-order chi connectivity index (χ1) is 10.2. The van der Waals surface area contributed by atoms with Gasteiger partial charge in [-0.1, -0.05) is 11.2 Å². The average Bonchev–Trinajstić information content (AvgIpc) is 3.08. The number of carbonyl (C=O) groups is 1. The Kier molecular flexibility index (Phi) is 3.47. The van der Waals surface area contributed by atoms with Crippen LogP contribution in [0.25, 0.3) is 11.5 Å². The van der Waals surface area contributed by atoms with Crippen molar-refractivity contribution in [3.05, 3.63) is 36.4 Å². The maximum Gasteiger partial charge on any atom is 0.232 e. The Balaban J connectivity index is 1.78. The number of hydrogen-bond donors (Lipinski definition) is 0. The molecule has 1 fully saturated rings. The molecule has 21 heavy (non-hydrogen) atoms. The molecule has 0 saturated carbocycles. The molecule has 1 atom stereocenters. The van der Waals surface area contributed by atoms with Crippen molar-refractivity contribution in [1.29, 1.82) is 0 Å². The fourth-order valence-corrected chi connectivity index (χ4v) is 2.29. The molecule has 0 spiro atoms. The van der Waals surface area contributed by atoms with Crippen LogP contribution in [0.5, 0.6) is 0 Å². The SMILES string of the molecule is C=CCN1C[C@@H](c2nc(-c3ccc(C)nn3)no2)CC1=O. The summed E-state index contributed by atoms with van der Waals surface area (Å²) in [6, 6.07) is 3.63. The van der Waals surface area contributed by atoms with Gasteiger partial charge in [0.1, 0.15) is 5.69 Å². The van der Waals surface area contributed by atoms with E-state index < -0.39 is 0 Å². The summed E-state index contributed by atoms with van der Waals surface area (Å²) in [7, 11) is 0. The summed E-state index contributed by atoms with van der Waals surface area (Å²) in [5, 5.41) is 11.9. The molecular formula is C14H15N5O2. The minimum atomic E-state index is -0.0721. The zero-order valence-corrected chi connectivity index (χ0v) is 11.7. The van der Waals surface area contributed by atoms with E-state index in [9.17, 15) is 4.79 Å². The molecule has 0 bridgehead atoms. The Morgan fingerprint density at radius 3 is 3.05 bits per heavy atom. The lowest BCUT2D eigenvalue weighted by atomic mass is 10.1. The lowest BCUT2D eigenvalue weighted by molar-refractivity contribution is -0.127. The molecule has 0 unspecified atom stereocenters. The predicted molar refractivity (Wildman–Crippen MR) is 74.2 cm³/mol. The van der Waals surface area contributed by atoms with Crippen LogP contribution in [-0.2, 0) is 4.79 Å². The van der Waals surface area contributed by atoms with E-state index in [1.54, 1.807) is 17.0 Å².